The van der Waals surface area contributed by atoms with Crippen LogP contribution in [0.4, 0.5) is 0 Å². The van der Waals surface area contributed by atoms with Crippen LogP contribution < -0.4 is 5.32 Å². The molecule has 2 aromatic rings. The summed E-state index contributed by atoms with van der Waals surface area (Å²) in [5.74, 6) is -0.138. The summed E-state index contributed by atoms with van der Waals surface area (Å²) < 4.78 is 1.78. The molecule has 0 aliphatic carbocycles. The Balaban J connectivity index is 1.88. The van der Waals surface area contributed by atoms with Crippen molar-refractivity contribution in [2.24, 2.45) is 0 Å². The van der Waals surface area contributed by atoms with E-state index in [1.165, 1.54) is 11.3 Å². The van der Waals surface area contributed by atoms with Crippen LogP contribution in [0.3, 0.4) is 0 Å². The minimum absolute atomic E-state index is 0.0223. The first kappa shape index (κ1) is 10.8. The minimum Gasteiger partial charge on any atom is -0.346 e. The number of hydrogen-bond donors (Lipinski definition) is 1. The molecule has 2 aromatic heterocycles. The summed E-state index contributed by atoms with van der Waals surface area (Å²) in [6.45, 7) is 2.59. The van der Waals surface area contributed by atoms with Gasteiger partial charge < -0.3 is 5.32 Å². The third-order valence-corrected chi connectivity index (χ3v) is 2.65. The number of thiazole rings is 1. The van der Waals surface area contributed by atoms with Crippen LogP contribution in [0.1, 0.15) is 17.4 Å². The topological polar surface area (TPSA) is 59.8 Å². The molecule has 2 heterocycles. The summed E-state index contributed by atoms with van der Waals surface area (Å²) in [6.07, 6.45) is 3.58. The molecule has 5 nitrogen and oxygen atoms in total. The number of rotatable bonds is 4. The van der Waals surface area contributed by atoms with Crippen molar-refractivity contribution in [1.82, 2.24) is 20.1 Å². The number of aromatic nitrogens is 3. The molecular weight excluding hydrogens is 224 g/mol. The summed E-state index contributed by atoms with van der Waals surface area (Å²) in [4.78, 5) is 15.6. The van der Waals surface area contributed by atoms with E-state index in [1.807, 2.05) is 19.2 Å². The van der Waals surface area contributed by atoms with Crippen molar-refractivity contribution in [3.63, 3.8) is 0 Å². The normalized spacial score (nSPS) is 12.3. The fraction of sp³-hybridized carbons (Fsp3) is 0.300. The summed E-state index contributed by atoms with van der Waals surface area (Å²) in [6, 6.07) is 1.88. The van der Waals surface area contributed by atoms with Crippen molar-refractivity contribution in [3.05, 3.63) is 35.0 Å². The zero-order chi connectivity index (χ0) is 11.4. The van der Waals surface area contributed by atoms with E-state index in [9.17, 15) is 4.79 Å². The van der Waals surface area contributed by atoms with Crippen molar-refractivity contribution >= 4 is 17.2 Å². The Kier molecular flexibility index (Phi) is 3.31. The lowest BCUT2D eigenvalue weighted by atomic mass is 10.3. The van der Waals surface area contributed by atoms with Crippen molar-refractivity contribution in [3.8, 4) is 0 Å². The van der Waals surface area contributed by atoms with Gasteiger partial charge in [0, 0.05) is 23.8 Å². The van der Waals surface area contributed by atoms with Crippen LogP contribution in [0.2, 0.25) is 0 Å². The second kappa shape index (κ2) is 4.89. The summed E-state index contributed by atoms with van der Waals surface area (Å²) in [7, 11) is 0. The Labute approximate surface area is 97.1 Å². The quantitative estimate of drug-likeness (QED) is 0.866. The van der Waals surface area contributed by atoms with Crippen LogP contribution in [0.5, 0.6) is 0 Å². The molecule has 0 aromatic carbocycles. The predicted octanol–water partition coefficient (Wildman–Crippen LogP) is 1.16. The molecule has 0 fully saturated rings. The van der Waals surface area contributed by atoms with Gasteiger partial charge in [-0.25, -0.2) is 4.98 Å². The van der Waals surface area contributed by atoms with Gasteiger partial charge in [0.2, 0.25) is 0 Å². The van der Waals surface area contributed by atoms with E-state index in [1.54, 1.807) is 21.8 Å². The second-order valence-corrected chi connectivity index (χ2v) is 4.19. The fourth-order valence-electron chi connectivity index (χ4n) is 1.36. The van der Waals surface area contributed by atoms with E-state index in [4.69, 9.17) is 0 Å². The molecule has 1 unspecified atom stereocenters. The Bertz CT molecular complexity index is 437. The van der Waals surface area contributed by atoms with E-state index in [0.717, 1.165) is 0 Å². The maximum absolute atomic E-state index is 11.6. The first-order chi connectivity index (χ1) is 7.75. The van der Waals surface area contributed by atoms with Crippen molar-refractivity contribution in [2.45, 2.75) is 19.5 Å². The van der Waals surface area contributed by atoms with E-state index in [-0.39, 0.29) is 11.9 Å². The molecule has 0 radical (unpaired) electrons. The first-order valence-electron chi connectivity index (χ1n) is 4.92. The van der Waals surface area contributed by atoms with Crippen molar-refractivity contribution < 1.29 is 4.79 Å². The molecule has 0 saturated heterocycles. The highest BCUT2D eigenvalue weighted by Gasteiger charge is 2.11. The van der Waals surface area contributed by atoms with E-state index in [0.29, 0.717) is 12.2 Å². The number of nitrogens with zero attached hydrogens (tertiary/aromatic N) is 3. The number of carbonyl (C=O) groups excluding carboxylic acids is 1. The highest BCUT2D eigenvalue weighted by Crippen LogP contribution is 2.01. The lowest BCUT2D eigenvalue weighted by Gasteiger charge is -2.12. The van der Waals surface area contributed by atoms with Crippen LogP contribution in [-0.2, 0) is 6.54 Å². The van der Waals surface area contributed by atoms with Gasteiger partial charge in [0.25, 0.3) is 5.91 Å². The standard InChI is InChI=1S/C10H12N4OS/c1-8(5-14-4-2-3-12-14)13-10(15)9-6-16-7-11-9/h2-4,6-8H,5H2,1H3,(H,13,15). The molecule has 0 aliphatic heterocycles. The molecule has 0 spiro atoms. The second-order valence-electron chi connectivity index (χ2n) is 3.48. The molecule has 0 saturated carbocycles. The largest absolute Gasteiger partial charge is 0.346 e. The molecule has 2 rings (SSSR count). The van der Waals surface area contributed by atoms with E-state index in [2.05, 4.69) is 15.4 Å². The lowest BCUT2D eigenvalue weighted by molar-refractivity contribution is 0.0931. The van der Waals surface area contributed by atoms with Crippen LogP contribution in [-0.4, -0.2) is 26.7 Å². The summed E-state index contributed by atoms with van der Waals surface area (Å²) in [5.41, 5.74) is 2.12. The highest BCUT2D eigenvalue weighted by atomic mass is 32.1. The Morgan fingerprint density at radius 1 is 1.69 bits per heavy atom. The molecule has 1 N–H and O–H groups in total. The predicted molar refractivity (Wildman–Crippen MR) is 61.3 cm³/mol. The molecular formula is C10H12N4OS. The van der Waals surface area contributed by atoms with E-state index >= 15 is 0 Å². The first-order valence-corrected chi connectivity index (χ1v) is 5.86. The zero-order valence-electron chi connectivity index (χ0n) is 8.83. The lowest BCUT2D eigenvalue weighted by Crippen LogP contribution is -2.35. The molecule has 0 aliphatic rings. The third kappa shape index (κ3) is 2.66. The summed E-state index contributed by atoms with van der Waals surface area (Å²) >= 11 is 1.41. The molecule has 1 atom stereocenters. The third-order valence-electron chi connectivity index (χ3n) is 2.06. The average Bonchev–Trinajstić information content (AvgIpc) is 2.88. The average molecular weight is 236 g/mol. The maximum atomic E-state index is 11.6. The summed E-state index contributed by atoms with van der Waals surface area (Å²) in [5, 5.41) is 8.68. The Morgan fingerprint density at radius 3 is 3.19 bits per heavy atom. The number of amides is 1. The van der Waals surface area contributed by atoms with Gasteiger partial charge in [-0.15, -0.1) is 11.3 Å². The minimum atomic E-state index is -0.138. The van der Waals surface area contributed by atoms with Crippen LogP contribution in [0, 0.1) is 0 Å². The monoisotopic (exact) mass is 236 g/mol. The fourth-order valence-corrected chi connectivity index (χ4v) is 1.89. The molecule has 1 amide bonds. The van der Waals surface area contributed by atoms with Crippen molar-refractivity contribution in [2.75, 3.05) is 0 Å². The molecule has 16 heavy (non-hydrogen) atoms. The van der Waals surface area contributed by atoms with Gasteiger partial charge >= 0.3 is 0 Å². The smallest absolute Gasteiger partial charge is 0.271 e. The van der Waals surface area contributed by atoms with Gasteiger partial charge in [-0.3, -0.25) is 9.48 Å². The number of hydrogen-bond acceptors (Lipinski definition) is 4. The van der Waals surface area contributed by atoms with Crippen molar-refractivity contribution in [1.29, 1.82) is 0 Å². The van der Waals surface area contributed by atoms with Crippen LogP contribution in [0.25, 0.3) is 0 Å². The van der Waals surface area contributed by atoms with Gasteiger partial charge in [0.15, 0.2) is 0 Å². The van der Waals surface area contributed by atoms with Gasteiger partial charge in [-0.1, -0.05) is 0 Å². The molecule has 0 bridgehead atoms. The Hall–Kier alpha value is -1.69. The van der Waals surface area contributed by atoms with E-state index < -0.39 is 0 Å². The number of carbonyl (C=O) groups is 1. The molecule has 84 valence electrons. The maximum Gasteiger partial charge on any atom is 0.271 e. The highest BCUT2D eigenvalue weighted by molar-refractivity contribution is 7.07. The SMILES string of the molecule is CC(Cn1cccn1)NC(=O)c1cscn1. The zero-order valence-corrected chi connectivity index (χ0v) is 9.65. The molecule has 6 heteroatoms. The van der Waals surface area contributed by atoms with Gasteiger partial charge in [-0.05, 0) is 13.0 Å². The van der Waals surface area contributed by atoms with Gasteiger partial charge in [0.1, 0.15) is 5.69 Å². The van der Waals surface area contributed by atoms with Crippen LogP contribution >= 0.6 is 11.3 Å². The van der Waals surface area contributed by atoms with Crippen LogP contribution in [0.15, 0.2) is 29.4 Å². The van der Waals surface area contributed by atoms with Gasteiger partial charge in [0.05, 0.1) is 12.1 Å². The number of nitrogens with one attached hydrogen (secondary N) is 1. The Morgan fingerprint density at radius 2 is 2.56 bits per heavy atom. The van der Waals surface area contributed by atoms with Gasteiger partial charge in [-0.2, -0.15) is 5.10 Å².